The van der Waals surface area contributed by atoms with Crippen LogP contribution in [0.5, 0.6) is 0 Å². The quantitative estimate of drug-likeness (QED) is 0.343. The van der Waals surface area contributed by atoms with Crippen LogP contribution in [0.15, 0.2) is 36.4 Å². The summed E-state index contributed by atoms with van der Waals surface area (Å²) >= 11 is 0. The average molecular weight is 630 g/mol. The van der Waals surface area contributed by atoms with E-state index in [0.29, 0.717) is 50.3 Å². The third-order valence-electron chi connectivity index (χ3n) is 9.33. The van der Waals surface area contributed by atoms with Crippen molar-refractivity contribution in [2.45, 2.75) is 82.7 Å². The monoisotopic (exact) mass is 629 g/mol. The summed E-state index contributed by atoms with van der Waals surface area (Å²) in [5.41, 5.74) is -3.57. The summed E-state index contributed by atoms with van der Waals surface area (Å²) in [6.07, 6.45) is -8.04. The van der Waals surface area contributed by atoms with Gasteiger partial charge in [0.25, 0.3) is 0 Å². The number of rotatable bonds is 5. The number of carbonyl (C=O) groups excluding carboxylic acids is 2. The number of nitrogens with zero attached hydrogens (tertiary/aromatic N) is 3. The van der Waals surface area contributed by atoms with Crippen molar-refractivity contribution in [3.63, 3.8) is 0 Å². The molecule has 12 heteroatoms. The fourth-order valence-corrected chi connectivity index (χ4v) is 6.70. The highest BCUT2D eigenvalue weighted by Gasteiger charge is 2.44. The molecule has 2 atom stereocenters. The molecule has 2 aliphatic heterocycles. The Morgan fingerprint density at radius 1 is 0.841 bits per heavy atom. The Labute approximate surface area is 253 Å². The zero-order valence-electron chi connectivity index (χ0n) is 25.4. The van der Waals surface area contributed by atoms with Gasteiger partial charge in [-0.1, -0.05) is 6.07 Å². The van der Waals surface area contributed by atoms with Crippen LogP contribution in [0.3, 0.4) is 0 Å². The van der Waals surface area contributed by atoms with Crippen molar-refractivity contribution in [1.82, 2.24) is 14.7 Å². The minimum atomic E-state index is -5.04. The molecule has 2 heterocycles. The number of benzene rings is 2. The Kier molecular flexibility index (Phi) is 9.45. The van der Waals surface area contributed by atoms with Gasteiger partial charge in [-0.05, 0) is 87.1 Å². The predicted octanol–water partition coefficient (Wildman–Crippen LogP) is 6.78. The molecule has 0 unspecified atom stereocenters. The molecular weight excluding hydrogens is 591 g/mol. The van der Waals surface area contributed by atoms with E-state index in [2.05, 4.69) is 4.90 Å². The molecule has 5 nitrogen and oxygen atoms in total. The molecule has 4 rings (SSSR count). The molecular formula is C32H38F7N3O2. The second kappa shape index (κ2) is 12.3. The number of likely N-dealkylation sites (tertiary alicyclic amines) is 2. The molecule has 0 saturated carbocycles. The van der Waals surface area contributed by atoms with Crippen molar-refractivity contribution in [3.05, 3.63) is 70.0 Å². The lowest BCUT2D eigenvalue weighted by atomic mass is 9.78. The van der Waals surface area contributed by atoms with Crippen molar-refractivity contribution >= 4 is 11.8 Å². The van der Waals surface area contributed by atoms with Gasteiger partial charge < -0.3 is 9.80 Å². The fourth-order valence-electron chi connectivity index (χ4n) is 6.70. The summed E-state index contributed by atoms with van der Waals surface area (Å²) in [6, 6.07) is 5.44. The molecule has 0 N–H and O–H groups in total. The van der Waals surface area contributed by atoms with E-state index in [1.807, 2.05) is 0 Å². The lowest BCUT2D eigenvalue weighted by Gasteiger charge is -2.48. The van der Waals surface area contributed by atoms with E-state index in [0.717, 1.165) is 18.4 Å². The largest absolute Gasteiger partial charge is 0.416 e. The van der Waals surface area contributed by atoms with Crippen molar-refractivity contribution in [1.29, 1.82) is 0 Å². The zero-order valence-corrected chi connectivity index (χ0v) is 25.4. The average Bonchev–Trinajstić information content (AvgIpc) is 2.95. The SMILES string of the molecule is CC(=O)N1CCC(N2CC[C@H](N(C)C(=O)C(C)(C)c3cc(C(F)(F)F)cc(C(F)(F)F)c3)[C@@H](c3ccc(F)cc3C)C2)CC1. The van der Waals surface area contributed by atoms with Crippen LogP contribution in [0.4, 0.5) is 30.7 Å². The van der Waals surface area contributed by atoms with Crippen LogP contribution in [-0.4, -0.2) is 71.8 Å². The maximum Gasteiger partial charge on any atom is 0.416 e. The number of halogens is 7. The minimum Gasteiger partial charge on any atom is -0.343 e. The highest BCUT2D eigenvalue weighted by Crippen LogP contribution is 2.41. The standard InChI is InChI=1S/C32H38F7N3O2/c1-19-14-24(33)6-7-26(19)27-18-42(25-8-11-41(12-9-25)20(2)43)13-10-28(27)40(5)29(44)30(3,4)21-15-22(31(34,35)36)17-23(16-21)32(37,38)39/h6-7,14-17,25,27-28H,8-13,18H2,1-5H3/t27-,28+/m1/s1. The molecule has 2 saturated heterocycles. The normalized spacial score (nSPS) is 21.0. The van der Waals surface area contributed by atoms with Crippen LogP contribution in [0.1, 0.15) is 73.8 Å². The number of hydrogen-bond acceptors (Lipinski definition) is 3. The van der Waals surface area contributed by atoms with E-state index in [-0.39, 0.29) is 29.5 Å². The van der Waals surface area contributed by atoms with Gasteiger partial charge in [0.1, 0.15) is 5.82 Å². The molecule has 2 fully saturated rings. The van der Waals surface area contributed by atoms with Gasteiger partial charge in [-0.25, -0.2) is 4.39 Å². The van der Waals surface area contributed by atoms with Crippen LogP contribution in [0.25, 0.3) is 0 Å². The van der Waals surface area contributed by atoms with E-state index >= 15 is 0 Å². The van der Waals surface area contributed by atoms with Crippen molar-refractivity contribution < 1.29 is 40.3 Å². The topological polar surface area (TPSA) is 43.9 Å². The van der Waals surface area contributed by atoms with E-state index in [9.17, 15) is 40.3 Å². The van der Waals surface area contributed by atoms with Crippen LogP contribution < -0.4 is 0 Å². The van der Waals surface area contributed by atoms with Gasteiger partial charge in [-0.15, -0.1) is 0 Å². The molecule has 0 radical (unpaired) electrons. The molecule has 242 valence electrons. The molecule has 0 bridgehead atoms. The smallest absolute Gasteiger partial charge is 0.343 e. The van der Waals surface area contributed by atoms with Crippen molar-refractivity contribution in [2.75, 3.05) is 33.2 Å². The lowest BCUT2D eigenvalue weighted by molar-refractivity contribution is -0.144. The van der Waals surface area contributed by atoms with Crippen LogP contribution >= 0.6 is 0 Å². The summed E-state index contributed by atoms with van der Waals surface area (Å²) < 4.78 is 95.8. The number of aryl methyl sites for hydroxylation is 1. The summed E-state index contributed by atoms with van der Waals surface area (Å²) in [6.45, 7) is 8.35. The molecule has 2 aliphatic rings. The third-order valence-corrected chi connectivity index (χ3v) is 9.33. The van der Waals surface area contributed by atoms with E-state index in [1.54, 1.807) is 17.9 Å². The van der Waals surface area contributed by atoms with E-state index in [1.165, 1.54) is 44.9 Å². The first-order valence-electron chi connectivity index (χ1n) is 14.6. The first-order chi connectivity index (χ1) is 20.3. The van der Waals surface area contributed by atoms with E-state index in [4.69, 9.17) is 0 Å². The number of alkyl halides is 6. The van der Waals surface area contributed by atoms with Gasteiger partial charge in [-0.2, -0.15) is 26.3 Å². The Morgan fingerprint density at radius 2 is 1.39 bits per heavy atom. The molecule has 2 aromatic rings. The molecule has 2 aromatic carbocycles. The molecule has 0 aliphatic carbocycles. The molecule has 2 amide bonds. The molecule has 44 heavy (non-hydrogen) atoms. The first-order valence-corrected chi connectivity index (χ1v) is 14.6. The summed E-state index contributed by atoms with van der Waals surface area (Å²) in [7, 11) is 1.53. The Balaban J connectivity index is 1.66. The molecule has 0 spiro atoms. The summed E-state index contributed by atoms with van der Waals surface area (Å²) in [5.74, 6) is -1.31. The molecule has 0 aromatic heterocycles. The lowest BCUT2D eigenvalue weighted by Crippen LogP contribution is -2.56. The van der Waals surface area contributed by atoms with E-state index < -0.39 is 46.7 Å². The van der Waals surface area contributed by atoms with Gasteiger partial charge >= 0.3 is 12.4 Å². The van der Waals surface area contributed by atoms with Gasteiger partial charge in [0.15, 0.2) is 0 Å². The minimum absolute atomic E-state index is 0.0212. The highest BCUT2D eigenvalue weighted by atomic mass is 19.4. The second-order valence-electron chi connectivity index (χ2n) is 12.5. The first kappa shape index (κ1) is 33.7. The number of carbonyl (C=O) groups is 2. The maximum atomic E-state index is 14.1. The Hall–Kier alpha value is -3.15. The number of likely N-dealkylation sites (N-methyl/N-ethyl adjacent to an activating group) is 1. The van der Waals surface area contributed by atoms with Gasteiger partial charge in [0.2, 0.25) is 11.8 Å². The van der Waals surface area contributed by atoms with Crippen molar-refractivity contribution in [3.8, 4) is 0 Å². The summed E-state index contributed by atoms with van der Waals surface area (Å²) in [4.78, 5) is 31.4. The maximum absolute atomic E-state index is 14.1. The second-order valence-corrected chi connectivity index (χ2v) is 12.5. The Bertz CT molecular complexity index is 1350. The van der Waals surface area contributed by atoms with Crippen LogP contribution in [0.2, 0.25) is 0 Å². The fraction of sp³-hybridized carbons (Fsp3) is 0.562. The number of piperidine rings is 2. The third kappa shape index (κ3) is 7.05. The van der Waals surface area contributed by atoms with Gasteiger partial charge in [0.05, 0.1) is 16.5 Å². The number of amides is 2. The Morgan fingerprint density at radius 3 is 1.89 bits per heavy atom. The summed E-state index contributed by atoms with van der Waals surface area (Å²) in [5, 5.41) is 0. The van der Waals surface area contributed by atoms with Crippen LogP contribution in [0, 0.1) is 12.7 Å². The van der Waals surface area contributed by atoms with Gasteiger partial charge in [-0.3, -0.25) is 14.5 Å². The van der Waals surface area contributed by atoms with Crippen molar-refractivity contribution in [2.24, 2.45) is 0 Å². The number of hydrogen-bond donors (Lipinski definition) is 0. The van der Waals surface area contributed by atoms with Crippen LogP contribution in [-0.2, 0) is 27.4 Å². The van der Waals surface area contributed by atoms with Gasteiger partial charge in [0, 0.05) is 58.2 Å². The zero-order chi connectivity index (χ0) is 32.8. The predicted molar refractivity (Wildman–Crippen MR) is 151 cm³/mol. The highest BCUT2D eigenvalue weighted by molar-refractivity contribution is 5.87.